The van der Waals surface area contributed by atoms with E-state index in [4.69, 9.17) is 20.8 Å². The molecular formula is C16H17ClN2O3. The number of furan rings is 1. The van der Waals surface area contributed by atoms with Crippen molar-refractivity contribution in [1.82, 2.24) is 5.43 Å². The molecule has 1 aromatic carbocycles. The number of hydrazone groups is 1. The highest BCUT2D eigenvalue weighted by Gasteiger charge is 2.06. The largest absolute Gasteiger partial charge is 0.484 e. The van der Waals surface area contributed by atoms with E-state index in [-0.39, 0.29) is 12.5 Å². The molecule has 0 aliphatic heterocycles. The number of halogens is 1. The quantitative estimate of drug-likeness (QED) is 0.677. The molecule has 0 atom stereocenters. The second-order valence-electron chi connectivity index (χ2n) is 4.84. The summed E-state index contributed by atoms with van der Waals surface area (Å²) in [5.74, 6) is 1.64. The highest BCUT2D eigenvalue weighted by atomic mass is 35.5. The monoisotopic (exact) mass is 320 g/mol. The number of carbonyl (C=O) groups excluding carboxylic acids is 1. The molecule has 0 bridgehead atoms. The summed E-state index contributed by atoms with van der Waals surface area (Å²) in [5.41, 5.74) is 3.90. The molecule has 116 valence electrons. The van der Waals surface area contributed by atoms with Crippen LogP contribution in [0.5, 0.6) is 5.75 Å². The molecule has 0 fully saturated rings. The van der Waals surface area contributed by atoms with Gasteiger partial charge in [-0.2, -0.15) is 5.10 Å². The first-order chi connectivity index (χ1) is 10.5. The molecule has 2 aromatic rings. The van der Waals surface area contributed by atoms with Gasteiger partial charge in [-0.25, -0.2) is 5.43 Å². The molecular weight excluding hydrogens is 304 g/mol. The van der Waals surface area contributed by atoms with Crippen LogP contribution in [0.3, 0.4) is 0 Å². The Morgan fingerprint density at radius 3 is 2.73 bits per heavy atom. The first kappa shape index (κ1) is 16.1. The predicted molar refractivity (Wildman–Crippen MR) is 85.5 cm³/mol. The van der Waals surface area contributed by atoms with Crippen LogP contribution in [0.2, 0.25) is 5.02 Å². The van der Waals surface area contributed by atoms with Crippen LogP contribution in [-0.4, -0.2) is 18.2 Å². The van der Waals surface area contributed by atoms with Gasteiger partial charge in [0, 0.05) is 5.02 Å². The lowest BCUT2D eigenvalue weighted by Gasteiger charge is -2.07. The summed E-state index contributed by atoms with van der Waals surface area (Å²) in [7, 11) is 0. The number of hydrogen-bond donors (Lipinski definition) is 1. The Balaban J connectivity index is 1.86. The third-order valence-corrected chi connectivity index (χ3v) is 3.37. The summed E-state index contributed by atoms with van der Waals surface area (Å²) < 4.78 is 10.8. The van der Waals surface area contributed by atoms with Gasteiger partial charge < -0.3 is 9.15 Å². The lowest BCUT2D eigenvalue weighted by molar-refractivity contribution is -0.123. The highest BCUT2D eigenvalue weighted by molar-refractivity contribution is 6.31. The van der Waals surface area contributed by atoms with Gasteiger partial charge in [0.2, 0.25) is 0 Å². The molecule has 0 spiro atoms. The van der Waals surface area contributed by atoms with Gasteiger partial charge in [0.1, 0.15) is 23.0 Å². The third-order valence-electron chi connectivity index (χ3n) is 2.94. The fourth-order valence-corrected chi connectivity index (χ4v) is 1.84. The van der Waals surface area contributed by atoms with Crippen LogP contribution in [0.1, 0.15) is 24.0 Å². The maximum atomic E-state index is 11.7. The molecule has 2 rings (SSSR count). The first-order valence-corrected chi connectivity index (χ1v) is 7.12. The van der Waals surface area contributed by atoms with Crippen LogP contribution < -0.4 is 10.2 Å². The van der Waals surface area contributed by atoms with Gasteiger partial charge in [-0.15, -0.1) is 0 Å². The van der Waals surface area contributed by atoms with Crippen LogP contribution in [0.25, 0.3) is 0 Å². The predicted octanol–water partition coefficient (Wildman–Crippen LogP) is 3.47. The van der Waals surface area contributed by atoms with Gasteiger partial charge in [-0.1, -0.05) is 11.6 Å². The van der Waals surface area contributed by atoms with Gasteiger partial charge in [-0.3, -0.25) is 4.79 Å². The molecule has 1 aromatic heterocycles. The highest BCUT2D eigenvalue weighted by Crippen LogP contribution is 2.20. The summed E-state index contributed by atoms with van der Waals surface area (Å²) in [4.78, 5) is 11.7. The normalized spacial score (nSPS) is 11.4. The minimum Gasteiger partial charge on any atom is -0.484 e. The molecule has 0 aliphatic carbocycles. The van der Waals surface area contributed by atoms with Gasteiger partial charge in [0.25, 0.3) is 5.91 Å². The van der Waals surface area contributed by atoms with Crippen molar-refractivity contribution >= 4 is 23.2 Å². The van der Waals surface area contributed by atoms with Crippen molar-refractivity contribution < 1.29 is 13.9 Å². The fourth-order valence-electron chi connectivity index (χ4n) is 1.72. The number of nitrogens with zero attached hydrogens (tertiary/aromatic N) is 1. The van der Waals surface area contributed by atoms with Crippen molar-refractivity contribution in [3.05, 3.63) is 52.4 Å². The number of ether oxygens (including phenoxy) is 1. The summed E-state index contributed by atoms with van der Waals surface area (Å²) in [6.07, 6.45) is 0. The maximum Gasteiger partial charge on any atom is 0.277 e. The second-order valence-corrected chi connectivity index (χ2v) is 5.25. The van der Waals surface area contributed by atoms with Gasteiger partial charge >= 0.3 is 0 Å². The maximum absolute atomic E-state index is 11.7. The van der Waals surface area contributed by atoms with E-state index in [2.05, 4.69) is 10.5 Å². The first-order valence-electron chi connectivity index (χ1n) is 6.74. The van der Waals surface area contributed by atoms with E-state index in [0.29, 0.717) is 22.2 Å². The van der Waals surface area contributed by atoms with Gasteiger partial charge in [0.05, 0.1) is 0 Å². The van der Waals surface area contributed by atoms with Crippen molar-refractivity contribution in [2.24, 2.45) is 5.10 Å². The summed E-state index contributed by atoms with van der Waals surface area (Å²) in [6.45, 7) is 5.34. The van der Waals surface area contributed by atoms with Crippen LogP contribution in [0.15, 0.2) is 39.9 Å². The van der Waals surface area contributed by atoms with Crippen molar-refractivity contribution in [3.63, 3.8) is 0 Å². The van der Waals surface area contributed by atoms with E-state index < -0.39 is 0 Å². The third kappa shape index (κ3) is 4.36. The zero-order chi connectivity index (χ0) is 16.1. The Morgan fingerprint density at radius 2 is 2.09 bits per heavy atom. The number of aryl methyl sites for hydroxylation is 2. The topological polar surface area (TPSA) is 63.8 Å². The van der Waals surface area contributed by atoms with Crippen molar-refractivity contribution in [1.29, 1.82) is 0 Å². The van der Waals surface area contributed by atoms with E-state index in [1.165, 1.54) is 0 Å². The number of nitrogens with one attached hydrogen (secondary N) is 1. The van der Waals surface area contributed by atoms with Gasteiger partial charge in [-0.05, 0) is 56.7 Å². The minimum absolute atomic E-state index is 0.130. The Morgan fingerprint density at radius 1 is 1.32 bits per heavy atom. The lowest BCUT2D eigenvalue weighted by atomic mass is 10.2. The number of benzene rings is 1. The van der Waals surface area contributed by atoms with E-state index in [1.807, 2.05) is 19.9 Å². The van der Waals surface area contributed by atoms with Crippen molar-refractivity contribution in [3.8, 4) is 5.75 Å². The molecule has 5 nitrogen and oxygen atoms in total. The molecule has 1 amide bonds. The summed E-state index contributed by atoms with van der Waals surface area (Å²) in [5, 5.41) is 4.63. The Bertz CT molecular complexity index is 707. The van der Waals surface area contributed by atoms with E-state index in [1.54, 1.807) is 31.2 Å². The molecule has 0 saturated heterocycles. The standard InChI is InChI=1S/C16H17ClN2O3/c1-10-8-13(5-6-14(10)17)21-9-16(20)19-18-12(3)15-7-4-11(2)22-15/h4-8H,9H2,1-3H3,(H,19,20)/b18-12+. The summed E-state index contributed by atoms with van der Waals surface area (Å²) in [6, 6.07) is 8.85. The number of rotatable bonds is 5. The van der Waals surface area contributed by atoms with Crippen molar-refractivity contribution in [2.45, 2.75) is 20.8 Å². The number of hydrogen-bond acceptors (Lipinski definition) is 4. The Labute approximate surface area is 133 Å². The zero-order valence-corrected chi connectivity index (χ0v) is 13.4. The molecule has 1 N–H and O–H groups in total. The smallest absolute Gasteiger partial charge is 0.277 e. The fraction of sp³-hybridized carbons (Fsp3) is 0.250. The lowest BCUT2D eigenvalue weighted by Crippen LogP contribution is -2.25. The molecule has 22 heavy (non-hydrogen) atoms. The second kappa shape index (κ2) is 7.13. The summed E-state index contributed by atoms with van der Waals surface area (Å²) >= 11 is 5.93. The van der Waals surface area contributed by atoms with Crippen molar-refractivity contribution in [2.75, 3.05) is 6.61 Å². The average molecular weight is 321 g/mol. The molecule has 0 saturated carbocycles. The Hall–Kier alpha value is -2.27. The van der Waals surface area contributed by atoms with Crippen LogP contribution in [0, 0.1) is 13.8 Å². The van der Waals surface area contributed by atoms with Crippen LogP contribution in [0.4, 0.5) is 0 Å². The van der Waals surface area contributed by atoms with E-state index in [0.717, 1.165) is 11.3 Å². The molecule has 0 aliphatic rings. The van der Waals surface area contributed by atoms with Gasteiger partial charge in [0.15, 0.2) is 6.61 Å². The molecule has 0 unspecified atom stereocenters. The zero-order valence-electron chi connectivity index (χ0n) is 12.6. The molecule has 1 heterocycles. The van der Waals surface area contributed by atoms with E-state index >= 15 is 0 Å². The molecule has 0 radical (unpaired) electrons. The minimum atomic E-state index is -0.352. The average Bonchev–Trinajstić information content (AvgIpc) is 2.92. The molecule has 6 heteroatoms. The van der Waals surface area contributed by atoms with Crippen LogP contribution in [-0.2, 0) is 4.79 Å². The number of carbonyl (C=O) groups is 1. The number of amides is 1. The van der Waals surface area contributed by atoms with Crippen LogP contribution >= 0.6 is 11.6 Å². The van der Waals surface area contributed by atoms with E-state index in [9.17, 15) is 4.79 Å². The Kier molecular flexibility index (Phi) is 5.22. The SMILES string of the molecule is C/C(=N\NC(=O)COc1ccc(Cl)c(C)c1)c1ccc(C)o1.